The molecule has 0 fully saturated rings. The van der Waals surface area contributed by atoms with Crippen LogP contribution < -0.4 is 5.73 Å². The number of ether oxygens (including phenoxy) is 1. The fraction of sp³-hybridized carbons (Fsp3) is 0.619. The highest BCUT2D eigenvalue weighted by molar-refractivity contribution is 5.80. The smallest absolute Gasteiger partial charge is 0.311 e. The van der Waals surface area contributed by atoms with Gasteiger partial charge in [-0.2, -0.15) is 0 Å². The molecule has 0 aliphatic heterocycles. The molecule has 0 aromatic heterocycles. The standard InChI is InChI=1S/C21H34N2O3/c1-7-16(17-10-8-15(9-11-17)14-23(4)5)12-18(19(22)24)13-21(2,3)20(25)26-6/h8-11,16,18H,7,12-14H2,1-6H3,(H2,22,24). The van der Waals surface area contributed by atoms with E-state index in [2.05, 4.69) is 36.1 Å². The van der Waals surface area contributed by atoms with Gasteiger partial charge in [0.05, 0.1) is 12.5 Å². The fourth-order valence-electron chi connectivity index (χ4n) is 3.42. The van der Waals surface area contributed by atoms with Gasteiger partial charge in [-0.15, -0.1) is 0 Å². The minimum Gasteiger partial charge on any atom is -0.469 e. The van der Waals surface area contributed by atoms with Crippen LogP contribution in [-0.2, 0) is 20.9 Å². The van der Waals surface area contributed by atoms with Crippen molar-refractivity contribution >= 4 is 11.9 Å². The molecular weight excluding hydrogens is 328 g/mol. The lowest BCUT2D eigenvalue weighted by atomic mass is 9.77. The van der Waals surface area contributed by atoms with E-state index < -0.39 is 5.41 Å². The van der Waals surface area contributed by atoms with Crippen molar-refractivity contribution in [2.75, 3.05) is 21.2 Å². The van der Waals surface area contributed by atoms with Gasteiger partial charge in [0, 0.05) is 12.5 Å². The highest BCUT2D eigenvalue weighted by atomic mass is 16.5. The van der Waals surface area contributed by atoms with Gasteiger partial charge in [-0.3, -0.25) is 9.59 Å². The molecule has 0 saturated heterocycles. The van der Waals surface area contributed by atoms with Crippen molar-refractivity contribution < 1.29 is 14.3 Å². The highest BCUT2D eigenvalue weighted by Gasteiger charge is 2.35. The summed E-state index contributed by atoms with van der Waals surface area (Å²) >= 11 is 0. The van der Waals surface area contributed by atoms with Crippen LogP contribution >= 0.6 is 0 Å². The second-order valence-electron chi connectivity index (χ2n) is 8.00. The summed E-state index contributed by atoms with van der Waals surface area (Å²) in [5.41, 5.74) is 7.38. The van der Waals surface area contributed by atoms with Crippen molar-refractivity contribution in [1.29, 1.82) is 0 Å². The summed E-state index contributed by atoms with van der Waals surface area (Å²) in [7, 11) is 5.46. The molecule has 26 heavy (non-hydrogen) atoms. The molecule has 0 spiro atoms. The van der Waals surface area contributed by atoms with E-state index in [0.717, 1.165) is 13.0 Å². The number of hydrogen-bond acceptors (Lipinski definition) is 4. The van der Waals surface area contributed by atoms with Gasteiger partial charge in [0.2, 0.25) is 5.91 Å². The van der Waals surface area contributed by atoms with E-state index in [1.165, 1.54) is 18.2 Å². The third-order valence-electron chi connectivity index (χ3n) is 4.91. The molecule has 0 aliphatic carbocycles. The van der Waals surface area contributed by atoms with Gasteiger partial charge >= 0.3 is 5.97 Å². The summed E-state index contributed by atoms with van der Waals surface area (Å²) in [6.07, 6.45) is 1.94. The van der Waals surface area contributed by atoms with Crippen LogP contribution in [0.2, 0.25) is 0 Å². The number of carbonyl (C=O) groups is 2. The van der Waals surface area contributed by atoms with E-state index in [4.69, 9.17) is 10.5 Å². The maximum atomic E-state index is 12.0. The molecule has 5 heteroatoms. The van der Waals surface area contributed by atoms with Gasteiger partial charge in [-0.05, 0) is 64.3 Å². The lowest BCUT2D eigenvalue weighted by Crippen LogP contribution is -2.34. The molecule has 1 aromatic rings. The second-order valence-corrected chi connectivity index (χ2v) is 8.00. The molecule has 2 atom stereocenters. The Morgan fingerprint density at radius 2 is 1.77 bits per heavy atom. The van der Waals surface area contributed by atoms with Crippen molar-refractivity contribution in [3.8, 4) is 0 Å². The third kappa shape index (κ3) is 6.45. The molecule has 0 heterocycles. The summed E-state index contributed by atoms with van der Waals surface area (Å²) in [5, 5.41) is 0. The number of primary amides is 1. The van der Waals surface area contributed by atoms with Gasteiger partial charge in [-0.25, -0.2) is 0 Å². The van der Waals surface area contributed by atoms with Crippen molar-refractivity contribution in [1.82, 2.24) is 4.90 Å². The number of methoxy groups -OCH3 is 1. The molecule has 2 unspecified atom stereocenters. The molecule has 2 N–H and O–H groups in total. The Balaban J connectivity index is 2.91. The van der Waals surface area contributed by atoms with Crippen LogP contribution in [0.15, 0.2) is 24.3 Å². The first-order chi connectivity index (χ1) is 12.1. The molecule has 1 aromatic carbocycles. The van der Waals surface area contributed by atoms with Gasteiger partial charge in [0.25, 0.3) is 0 Å². The predicted octanol–water partition coefficient (Wildman–Crippen LogP) is 3.32. The Hall–Kier alpha value is -1.88. The van der Waals surface area contributed by atoms with Gasteiger partial charge < -0.3 is 15.4 Å². The summed E-state index contributed by atoms with van der Waals surface area (Å²) in [6, 6.07) is 8.54. The second kappa shape index (κ2) is 9.72. The van der Waals surface area contributed by atoms with E-state index in [-0.39, 0.29) is 23.7 Å². The van der Waals surface area contributed by atoms with Gasteiger partial charge in [-0.1, -0.05) is 31.2 Å². The molecule has 1 amide bonds. The Morgan fingerprint density at radius 3 is 2.19 bits per heavy atom. The average Bonchev–Trinajstić information content (AvgIpc) is 2.57. The normalized spacial score (nSPS) is 14.1. The molecule has 0 bridgehead atoms. The number of nitrogens with two attached hydrogens (primary N) is 1. The van der Waals surface area contributed by atoms with Crippen LogP contribution in [0.25, 0.3) is 0 Å². The molecule has 0 saturated carbocycles. The van der Waals surface area contributed by atoms with Crippen LogP contribution in [0.5, 0.6) is 0 Å². The number of rotatable bonds is 10. The summed E-state index contributed by atoms with van der Waals surface area (Å²) in [4.78, 5) is 26.1. The highest BCUT2D eigenvalue weighted by Crippen LogP contribution is 2.34. The number of carbonyl (C=O) groups excluding carboxylic acids is 2. The van der Waals surface area contributed by atoms with Crippen LogP contribution in [0, 0.1) is 11.3 Å². The van der Waals surface area contributed by atoms with E-state index in [1.807, 2.05) is 14.1 Å². The van der Waals surface area contributed by atoms with Crippen LogP contribution in [-0.4, -0.2) is 38.0 Å². The molecule has 146 valence electrons. The van der Waals surface area contributed by atoms with E-state index >= 15 is 0 Å². The number of benzene rings is 1. The lowest BCUT2D eigenvalue weighted by molar-refractivity contribution is -0.152. The first-order valence-corrected chi connectivity index (χ1v) is 9.22. The third-order valence-corrected chi connectivity index (χ3v) is 4.91. The average molecular weight is 363 g/mol. The fourth-order valence-corrected chi connectivity index (χ4v) is 3.42. The molecule has 0 aliphatic rings. The topological polar surface area (TPSA) is 72.6 Å². The molecule has 5 nitrogen and oxygen atoms in total. The largest absolute Gasteiger partial charge is 0.469 e. The summed E-state index contributed by atoms with van der Waals surface area (Å²) in [6.45, 7) is 6.60. The Morgan fingerprint density at radius 1 is 1.19 bits per heavy atom. The summed E-state index contributed by atoms with van der Waals surface area (Å²) in [5.74, 6) is -0.806. The van der Waals surface area contributed by atoms with Crippen LogP contribution in [0.1, 0.15) is 57.1 Å². The van der Waals surface area contributed by atoms with E-state index in [9.17, 15) is 9.59 Å². The molecule has 0 radical (unpaired) electrons. The number of nitrogens with zero attached hydrogens (tertiary/aromatic N) is 1. The minimum absolute atomic E-state index is 0.231. The number of esters is 1. The maximum Gasteiger partial charge on any atom is 0.311 e. The van der Waals surface area contributed by atoms with Gasteiger partial charge in [0.1, 0.15) is 0 Å². The summed E-state index contributed by atoms with van der Waals surface area (Å²) < 4.78 is 4.86. The lowest BCUT2D eigenvalue weighted by Gasteiger charge is -2.28. The number of amides is 1. The van der Waals surface area contributed by atoms with Crippen molar-refractivity contribution in [3.63, 3.8) is 0 Å². The van der Waals surface area contributed by atoms with E-state index in [0.29, 0.717) is 12.8 Å². The first kappa shape index (κ1) is 22.2. The predicted molar refractivity (Wildman–Crippen MR) is 105 cm³/mol. The quantitative estimate of drug-likeness (QED) is 0.648. The monoisotopic (exact) mass is 362 g/mol. The van der Waals surface area contributed by atoms with Crippen molar-refractivity contribution in [3.05, 3.63) is 35.4 Å². The van der Waals surface area contributed by atoms with Crippen LogP contribution in [0.3, 0.4) is 0 Å². The first-order valence-electron chi connectivity index (χ1n) is 9.22. The number of hydrogen-bond donors (Lipinski definition) is 1. The Kier molecular flexibility index (Phi) is 8.28. The van der Waals surface area contributed by atoms with Crippen LogP contribution in [0.4, 0.5) is 0 Å². The van der Waals surface area contributed by atoms with Gasteiger partial charge in [0.15, 0.2) is 0 Å². The zero-order valence-corrected chi connectivity index (χ0v) is 17.0. The minimum atomic E-state index is -0.734. The maximum absolute atomic E-state index is 12.0. The molecule has 1 rings (SSSR count). The Labute approximate surface area is 157 Å². The molecular formula is C21H34N2O3. The van der Waals surface area contributed by atoms with E-state index in [1.54, 1.807) is 13.8 Å². The Bertz CT molecular complexity index is 594. The zero-order valence-electron chi connectivity index (χ0n) is 17.0. The van der Waals surface area contributed by atoms with Crippen molar-refractivity contribution in [2.24, 2.45) is 17.1 Å². The van der Waals surface area contributed by atoms with Crippen molar-refractivity contribution in [2.45, 2.75) is 52.5 Å². The zero-order chi connectivity index (χ0) is 19.9. The SMILES string of the molecule is CCC(CC(CC(C)(C)C(=O)OC)C(N)=O)c1ccc(CN(C)C)cc1.